The SMILES string of the molecule is O=CC12C=CC(CC1)C1C(=O)OC(=O)C12. The van der Waals surface area contributed by atoms with Crippen LogP contribution in [0.3, 0.4) is 0 Å². The number of esters is 2. The van der Waals surface area contributed by atoms with E-state index in [1.807, 2.05) is 6.08 Å². The van der Waals surface area contributed by atoms with Crippen LogP contribution in [0.4, 0.5) is 0 Å². The number of hydrogen-bond donors (Lipinski definition) is 0. The van der Waals surface area contributed by atoms with Crippen molar-refractivity contribution in [3.8, 4) is 0 Å². The first kappa shape index (κ1) is 8.83. The fraction of sp³-hybridized carbons (Fsp3) is 0.545. The van der Waals surface area contributed by atoms with E-state index in [-0.39, 0.29) is 5.92 Å². The molecule has 4 unspecified atom stereocenters. The van der Waals surface area contributed by atoms with Crippen LogP contribution in [0.15, 0.2) is 12.2 Å². The molecule has 2 fully saturated rings. The lowest BCUT2D eigenvalue weighted by atomic mass is 9.55. The zero-order valence-electron chi connectivity index (χ0n) is 8.01. The second-order valence-electron chi connectivity index (χ2n) is 4.54. The smallest absolute Gasteiger partial charge is 0.318 e. The van der Waals surface area contributed by atoms with E-state index in [0.29, 0.717) is 6.42 Å². The molecule has 0 amide bonds. The first-order chi connectivity index (χ1) is 7.18. The number of cyclic esters (lactones) is 2. The van der Waals surface area contributed by atoms with E-state index in [1.54, 1.807) is 6.08 Å². The average Bonchev–Trinajstić information content (AvgIpc) is 2.59. The summed E-state index contributed by atoms with van der Waals surface area (Å²) in [6.45, 7) is 0. The van der Waals surface area contributed by atoms with Gasteiger partial charge in [0.2, 0.25) is 0 Å². The van der Waals surface area contributed by atoms with Crippen LogP contribution < -0.4 is 0 Å². The van der Waals surface area contributed by atoms with Crippen molar-refractivity contribution in [1.82, 2.24) is 0 Å². The highest BCUT2D eigenvalue weighted by Crippen LogP contribution is 2.54. The molecule has 1 saturated carbocycles. The van der Waals surface area contributed by atoms with Crippen molar-refractivity contribution in [1.29, 1.82) is 0 Å². The first-order valence-electron chi connectivity index (χ1n) is 5.09. The number of hydrogen-bond acceptors (Lipinski definition) is 4. The molecule has 0 aromatic rings. The number of fused-ring (bicyclic) bond motifs is 1. The Hall–Kier alpha value is -1.45. The summed E-state index contributed by atoms with van der Waals surface area (Å²) in [5.41, 5.74) is -0.775. The predicted octanol–water partition coefficient (Wildman–Crippen LogP) is 0.467. The zero-order chi connectivity index (χ0) is 10.6. The Kier molecular flexibility index (Phi) is 1.51. The molecular weight excluding hydrogens is 196 g/mol. The quantitative estimate of drug-likeness (QED) is 0.271. The summed E-state index contributed by atoms with van der Waals surface area (Å²) >= 11 is 0. The highest BCUT2D eigenvalue weighted by Gasteiger charge is 2.61. The summed E-state index contributed by atoms with van der Waals surface area (Å²) in [7, 11) is 0. The Morgan fingerprint density at radius 2 is 2.20 bits per heavy atom. The summed E-state index contributed by atoms with van der Waals surface area (Å²) in [5.74, 6) is -1.88. The van der Waals surface area contributed by atoms with Crippen molar-refractivity contribution in [3.05, 3.63) is 12.2 Å². The fourth-order valence-electron chi connectivity index (χ4n) is 3.12. The van der Waals surface area contributed by atoms with Crippen LogP contribution >= 0.6 is 0 Å². The topological polar surface area (TPSA) is 60.4 Å². The van der Waals surface area contributed by atoms with Crippen LogP contribution in [0, 0.1) is 23.2 Å². The lowest BCUT2D eigenvalue weighted by Crippen LogP contribution is -2.47. The Balaban J connectivity index is 2.15. The molecule has 4 aliphatic rings. The van der Waals surface area contributed by atoms with Gasteiger partial charge in [-0.1, -0.05) is 12.2 Å². The maximum atomic E-state index is 11.5. The molecule has 0 aromatic carbocycles. The number of ether oxygens (including phenoxy) is 1. The Bertz CT molecular complexity index is 397. The third-order valence-electron chi connectivity index (χ3n) is 3.91. The summed E-state index contributed by atoms with van der Waals surface area (Å²) in [5, 5.41) is 0. The number of rotatable bonds is 1. The van der Waals surface area contributed by atoms with E-state index in [9.17, 15) is 14.4 Å². The molecule has 3 aliphatic carbocycles. The molecule has 15 heavy (non-hydrogen) atoms. The van der Waals surface area contributed by atoms with Crippen molar-refractivity contribution in [2.45, 2.75) is 12.8 Å². The maximum absolute atomic E-state index is 11.5. The van der Waals surface area contributed by atoms with E-state index in [4.69, 9.17) is 0 Å². The second kappa shape index (κ2) is 2.56. The molecule has 4 heteroatoms. The number of carbonyl (C=O) groups is 3. The highest BCUT2D eigenvalue weighted by molar-refractivity contribution is 6.00. The lowest BCUT2D eigenvalue weighted by molar-refractivity contribution is -0.154. The standard InChI is InChI=1S/C11H10O4/c12-5-11-3-1-6(2-4-11)7-8(11)10(14)15-9(7)13/h1,3,5-8H,2,4H2. The van der Waals surface area contributed by atoms with Crippen LogP contribution in [-0.2, 0) is 19.1 Å². The molecular formula is C11H10O4. The zero-order valence-corrected chi connectivity index (χ0v) is 8.01. The van der Waals surface area contributed by atoms with Crippen molar-refractivity contribution in [2.75, 3.05) is 0 Å². The van der Waals surface area contributed by atoms with Crippen LogP contribution in [-0.4, -0.2) is 18.2 Å². The van der Waals surface area contributed by atoms with E-state index in [1.165, 1.54) is 0 Å². The molecule has 4 rings (SSSR count). The molecule has 1 heterocycles. The van der Waals surface area contributed by atoms with Crippen LogP contribution in [0.2, 0.25) is 0 Å². The number of aldehydes is 1. The second-order valence-corrected chi connectivity index (χ2v) is 4.54. The van der Waals surface area contributed by atoms with Crippen molar-refractivity contribution in [2.24, 2.45) is 23.2 Å². The van der Waals surface area contributed by atoms with Gasteiger partial charge in [0.05, 0.1) is 17.3 Å². The third-order valence-corrected chi connectivity index (χ3v) is 3.91. The van der Waals surface area contributed by atoms with Crippen molar-refractivity contribution >= 4 is 18.2 Å². The monoisotopic (exact) mass is 206 g/mol. The summed E-state index contributed by atoms with van der Waals surface area (Å²) < 4.78 is 4.64. The van der Waals surface area contributed by atoms with Crippen molar-refractivity contribution in [3.63, 3.8) is 0 Å². The van der Waals surface area contributed by atoms with Gasteiger partial charge in [-0.2, -0.15) is 0 Å². The molecule has 0 radical (unpaired) electrons. The van der Waals surface area contributed by atoms with E-state index >= 15 is 0 Å². The Morgan fingerprint density at radius 1 is 1.40 bits per heavy atom. The van der Waals surface area contributed by atoms with Gasteiger partial charge in [0.25, 0.3) is 0 Å². The molecule has 0 spiro atoms. The predicted molar refractivity (Wildman–Crippen MR) is 48.4 cm³/mol. The molecule has 4 atom stereocenters. The van der Waals surface area contributed by atoms with E-state index < -0.39 is 29.2 Å². The van der Waals surface area contributed by atoms with Gasteiger partial charge in [-0.3, -0.25) is 9.59 Å². The van der Waals surface area contributed by atoms with Crippen LogP contribution in [0.1, 0.15) is 12.8 Å². The molecule has 1 saturated heterocycles. The minimum Gasteiger partial charge on any atom is -0.393 e. The summed E-state index contributed by atoms with van der Waals surface area (Å²) in [4.78, 5) is 34.2. The van der Waals surface area contributed by atoms with Gasteiger partial charge in [0, 0.05) is 0 Å². The molecule has 1 aliphatic heterocycles. The molecule has 0 aromatic heterocycles. The van der Waals surface area contributed by atoms with Gasteiger partial charge in [0.15, 0.2) is 0 Å². The van der Waals surface area contributed by atoms with Crippen LogP contribution in [0.25, 0.3) is 0 Å². The van der Waals surface area contributed by atoms with E-state index in [0.717, 1.165) is 12.7 Å². The largest absolute Gasteiger partial charge is 0.393 e. The van der Waals surface area contributed by atoms with Gasteiger partial charge >= 0.3 is 11.9 Å². The Labute approximate surface area is 86.3 Å². The number of carbonyl (C=O) groups excluding carboxylic acids is 3. The van der Waals surface area contributed by atoms with Gasteiger partial charge in [-0.15, -0.1) is 0 Å². The normalized spacial score (nSPS) is 46.5. The Morgan fingerprint density at radius 3 is 2.80 bits per heavy atom. The average molecular weight is 206 g/mol. The van der Waals surface area contributed by atoms with Crippen molar-refractivity contribution < 1.29 is 19.1 Å². The minimum atomic E-state index is -0.775. The maximum Gasteiger partial charge on any atom is 0.318 e. The first-order valence-corrected chi connectivity index (χ1v) is 5.09. The van der Waals surface area contributed by atoms with Crippen LogP contribution in [0.5, 0.6) is 0 Å². The molecule has 78 valence electrons. The summed E-state index contributed by atoms with van der Waals surface area (Å²) in [6, 6.07) is 0. The highest BCUT2D eigenvalue weighted by atomic mass is 16.6. The summed E-state index contributed by atoms with van der Waals surface area (Å²) in [6.07, 6.45) is 5.92. The van der Waals surface area contributed by atoms with Gasteiger partial charge in [-0.25, -0.2) is 0 Å². The van der Waals surface area contributed by atoms with Gasteiger partial charge in [-0.05, 0) is 18.8 Å². The third kappa shape index (κ3) is 0.893. The van der Waals surface area contributed by atoms with Gasteiger partial charge in [0.1, 0.15) is 6.29 Å². The van der Waals surface area contributed by atoms with E-state index in [2.05, 4.69) is 4.74 Å². The number of allylic oxidation sites excluding steroid dienone is 2. The van der Waals surface area contributed by atoms with Gasteiger partial charge < -0.3 is 9.53 Å². The fourth-order valence-corrected chi connectivity index (χ4v) is 3.12. The molecule has 2 bridgehead atoms. The minimum absolute atomic E-state index is 0.0794. The molecule has 0 N–H and O–H groups in total. The lowest BCUT2D eigenvalue weighted by Gasteiger charge is -2.43. The molecule has 4 nitrogen and oxygen atoms in total.